The minimum Gasteiger partial charge on any atom is -0.322 e. The number of halogens is 1. The highest BCUT2D eigenvalue weighted by molar-refractivity contribution is 7.92. The largest absolute Gasteiger partial charge is 0.322 e. The molecule has 0 radical (unpaired) electrons. The molecule has 7 heteroatoms. The van der Waals surface area contributed by atoms with E-state index in [1.165, 1.54) is 23.5 Å². The summed E-state index contributed by atoms with van der Waals surface area (Å²) >= 11 is 6.10. The molecule has 0 saturated carbocycles. The number of carbonyl (C=O) groups excluding carboxylic acids is 1. The predicted octanol–water partition coefficient (Wildman–Crippen LogP) is 5.03. The van der Waals surface area contributed by atoms with Crippen LogP contribution in [0.1, 0.15) is 21.5 Å². The van der Waals surface area contributed by atoms with Crippen molar-refractivity contribution in [3.63, 3.8) is 0 Å². The molecule has 0 aliphatic carbocycles. The second kappa shape index (κ2) is 8.27. The van der Waals surface area contributed by atoms with Crippen molar-refractivity contribution in [3.05, 3.63) is 88.4 Å². The Bertz CT molecular complexity index is 1180. The third kappa shape index (κ3) is 4.28. The van der Waals surface area contributed by atoms with E-state index < -0.39 is 15.9 Å². The second-order valence-electron chi connectivity index (χ2n) is 6.65. The van der Waals surface area contributed by atoms with Gasteiger partial charge in [-0.2, -0.15) is 0 Å². The molecule has 3 rings (SSSR count). The minimum atomic E-state index is -3.83. The molecular weight excluding hydrogens is 408 g/mol. The first kappa shape index (κ1) is 20.9. The Morgan fingerprint density at radius 3 is 2.38 bits per heavy atom. The lowest BCUT2D eigenvalue weighted by molar-refractivity contribution is 0.102. The SMILES string of the molecule is Cc1ccccc1N(C)S(=O)(=O)c1cccc(C(=O)Nc2cccc(Cl)c2C)c1. The summed E-state index contributed by atoms with van der Waals surface area (Å²) in [7, 11) is -2.33. The van der Waals surface area contributed by atoms with Gasteiger partial charge in [-0.25, -0.2) is 8.42 Å². The molecule has 0 spiro atoms. The molecule has 0 bridgehead atoms. The first-order valence-electron chi connectivity index (χ1n) is 8.93. The Hall–Kier alpha value is -2.83. The maximum Gasteiger partial charge on any atom is 0.264 e. The van der Waals surface area contributed by atoms with E-state index in [2.05, 4.69) is 5.32 Å². The van der Waals surface area contributed by atoms with Gasteiger partial charge in [0.1, 0.15) is 0 Å². The van der Waals surface area contributed by atoms with E-state index in [0.717, 1.165) is 11.1 Å². The van der Waals surface area contributed by atoms with Crippen LogP contribution in [0.3, 0.4) is 0 Å². The number of hydrogen-bond donors (Lipinski definition) is 1. The van der Waals surface area contributed by atoms with Crippen molar-refractivity contribution in [3.8, 4) is 0 Å². The van der Waals surface area contributed by atoms with Crippen LogP contribution in [0.2, 0.25) is 5.02 Å². The first-order valence-corrected chi connectivity index (χ1v) is 10.7. The number of rotatable bonds is 5. The summed E-state index contributed by atoms with van der Waals surface area (Å²) in [6.45, 7) is 3.65. The smallest absolute Gasteiger partial charge is 0.264 e. The van der Waals surface area contributed by atoms with Crippen LogP contribution in [-0.4, -0.2) is 21.4 Å². The molecular formula is C22H21ClN2O3S. The van der Waals surface area contributed by atoms with Crippen molar-refractivity contribution >= 4 is 38.9 Å². The number of sulfonamides is 1. The predicted molar refractivity (Wildman–Crippen MR) is 117 cm³/mol. The Labute approximate surface area is 176 Å². The van der Waals surface area contributed by atoms with E-state index in [9.17, 15) is 13.2 Å². The molecule has 1 amide bonds. The zero-order valence-corrected chi connectivity index (χ0v) is 17.9. The van der Waals surface area contributed by atoms with Crippen molar-refractivity contribution in [1.82, 2.24) is 0 Å². The molecule has 150 valence electrons. The average Bonchev–Trinajstić information content (AvgIpc) is 2.71. The van der Waals surface area contributed by atoms with Crippen molar-refractivity contribution in [1.29, 1.82) is 0 Å². The van der Waals surface area contributed by atoms with Gasteiger partial charge in [0.05, 0.1) is 10.6 Å². The Kier molecular flexibility index (Phi) is 5.96. The second-order valence-corrected chi connectivity index (χ2v) is 9.03. The molecule has 0 fully saturated rings. The topological polar surface area (TPSA) is 66.5 Å². The fourth-order valence-corrected chi connectivity index (χ4v) is 4.42. The highest BCUT2D eigenvalue weighted by Gasteiger charge is 2.23. The van der Waals surface area contributed by atoms with E-state index >= 15 is 0 Å². The molecule has 0 atom stereocenters. The molecule has 1 N–H and O–H groups in total. The van der Waals surface area contributed by atoms with E-state index in [4.69, 9.17) is 11.6 Å². The number of anilines is 2. The van der Waals surface area contributed by atoms with E-state index in [0.29, 0.717) is 16.4 Å². The summed E-state index contributed by atoms with van der Waals surface area (Å²) in [5.74, 6) is -0.411. The fourth-order valence-electron chi connectivity index (χ4n) is 2.94. The van der Waals surface area contributed by atoms with Crippen molar-refractivity contribution in [2.45, 2.75) is 18.7 Å². The molecule has 3 aromatic carbocycles. The highest BCUT2D eigenvalue weighted by atomic mass is 35.5. The summed E-state index contributed by atoms with van der Waals surface area (Å²) in [6.07, 6.45) is 0. The van der Waals surface area contributed by atoms with Gasteiger partial charge in [0.25, 0.3) is 15.9 Å². The standard InChI is InChI=1S/C22H21ClN2O3S/c1-15-8-4-5-13-21(15)25(3)29(27,28)18-10-6-9-17(14-18)22(26)24-20-12-7-11-19(23)16(20)2/h4-14H,1-3H3,(H,24,26). The van der Waals surface area contributed by atoms with Gasteiger partial charge in [0.2, 0.25) is 0 Å². The number of carbonyl (C=O) groups is 1. The van der Waals surface area contributed by atoms with E-state index in [-0.39, 0.29) is 10.5 Å². The van der Waals surface area contributed by atoms with Crippen LogP contribution in [0.25, 0.3) is 0 Å². The van der Waals surface area contributed by atoms with Gasteiger partial charge >= 0.3 is 0 Å². The Balaban J connectivity index is 1.91. The molecule has 0 aliphatic rings. The lowest BCUT2D eigenvalue weighted by Crippen LogP contribution is -2.27. The van der Waals surface area contributed by atoms with Gasteiger partial charge in [-0.15, -0.1) is 0 Å². The Morgan fingerprint density at radius 1 is 0.966 bits per heavy atom. The third-order valence-electron chi connectivity index (χ3n) is 4.73. The average molecular weight is 429 g/mol. The molecule has 0 heterocycles. The van der Waals surface area contributed by atoms with Crippen molar-refractivity contribution in [2.75, 3.05) is 16.7 Å². The summed E-state index contributed by atoms with van der Waals surface area (Å²) in [5, 5.41) is 3.32. The van der Waals surface area contributed by atoms with Crippen LogP contribution >= 0.6 is 11.6 Å². The molecule has 0 unspecified atom stereocenters. The normalized spacial score (nSPS) is 11.2. The minimum absolute atomic E-state index is 0.0405. The van der Waals surface area contributed by atoms with Gasteiger partial charge in [-0.3, -0.25) is 9.10 Å². The van der Waals surface area contributed by atoms with Crippen LogP contribution in [0.15, 0.2) is 71.6 Å². The van der Waals surface area contributed by atoms with E-state index in [1.807, 2.05) is 19.1 Å². The molecule has 0 aliphatic heterocycles. The van der Waals surface area contributed by atoms with Gasteiger partial charge < -0.3 is 5.32 Å². The monoisotopic (exact) mass is 428 g/mol. The first-order chi connectivity index (χ1) is 13.7. The zero-order valence-electron chi connectivity index (χ0n) is 16.3. The van der Waals surface area contributed by atoms with Crippen LogP contribution in [0, 0.1) is 13.8 Å². The highest BCUT2D eigenvalue weighted by Crippen LogP contribution is 2.26. The summed E-state index contributed by atoms with van der Waals surface area (Å²) in [6, 6.07) is 18.4. The van der Waals surface area contributed by atoms with Crippen LogP contribution in [-0.2, 0) is 10.0 Å². The molecule has 0 saturated heterocycles. The van der Waals surface area contributed by atoms with Crippen molar-refractivity contribution in [2.24, 2.45) is 0 Å². The van der Waals surface area contributed by atoms with Crippen LogP contribution in [0.4, 0.5) is 11.4 Å². The maximum atomic E-state index is 13.1. The van der Waals surface area contributed by atoms with Gasteiger partial charge in [-0.1, -0.05) is 41.9 Å². The number of hydrogen-bond acceptors (Lipinski definition) is 3. The number of nitrogens with zero attached hydrogens (tertiary/aromatic N) is 1. The summed E-state index contributed by atoms with van der Waals surface area (Å²) in [5.41, 5.74) is 2.97. The number of amides is 1. The number of benzene rings is 3. The fraction of sp³-hybridized carbons (Fsp3) is 0.136. The van der Waals surface area contributed by atoms with Crippen LogP contribution in [0.5, 0.6) is 0 Å². The zero-order chi connectivity index (χ0) is 21.2. The molecule has 0 aromatic heterocycles. The van der Waals surface area contributed by atoms with Gasteiger partial charge in [-0.05, 0) is 61.4 Å². The lowest BCUT2D eigenvalue weighted by Gasteiger charge is -2.21. The molecule has 5 nitrogen and oxygen atoms in total. The Morgan fingerprint density at radius 2 is 1.66 bits per heavy atom. The summed E-state index contributed by atoms with van der Waals surface area (Å²) in [4.78, 5) is 12.7. The maximum absolute atomic E-state index is 13.1. The van der Waals surface area contributed by atoms with Gasteiger partial charge in [0, 0.05) is 23.3 Å². The van der Waals surface area contributed by atoms with Crippen LogP contribution < -0.4 is 9.62 Å². The lowest BCUT2D eigenvalue weighted by atomic mass is 10.1. The van der Waals surface area contributed by atoms with Gasteiger partial charge in [0.15, 0.2) is 0 Å². The third-order valence-corrected chi connectivity index (χ3v) is 6.90. The summed E-state index contributed by atoms with van der Waals surface area (Å²) < 4.78 is 27.4. The molecule has 3 aromatic rings. The number of aryl methyl sites for hydroxylation is 1. The quantitative estimate of drug-likeness (QED) is 0.619. The molecule has 29 heavy (non-hydrogen) atoms. The van der Waals surface area contributed by atoms with E-state index in [1.54, 1.807) is 49.4 Å². The van der Waals surface area contributed by atoms with Crippen molar-refractivity contribution < 1.29 is 13.2 Å². The number of para-hydroxylation sites is 1. The number of nitrogens with one attached hydrogen (secondary N) is 1.